The number of benzene rings is 1. The smallest absolute Gasteiger partial charge is 0.240 e. The Morgan fingerprint density at radius 2 is 2.09 bits per heavy atom. The Balaban J connectivity index is 2.26. The molecule has 0 bridgehead atoms. The third kappa shape index (κ3) is 3.76. The summed E-state index contributed by atoms with van der Waals surface area (Å²) in [4.78, 5) is 16.8. The van der Waals surface area contributed by atoms with Crippen LogP contribution in [0.3, 0.4) is 0 Å². The number of carbonyl (C=O) groups excluding carboxylic acids is 1. The van der Waals surface area contributed by atoms with Crippen molar-refractivity contribution < 1.29 is 9.90 Å². The molecule has 2 rings (SSSR count). The van der Waals surface area contributed by atoms with E-state index < -0.39 is 0 Å². The Morgan fingerprint density at radius 3 is 2.77 bits per heavy atom. The summed E-state index contributed by atoms with van der Waals surface area (Å²) in [5, 5.41) is 15.1. The molecule has 120 valence electrons. The van der Waals surface area contributed by atoms with Crippen molar-refractivity contribution in [1.29, 1.82) is 0 Å². The number of carbonyl (C=O) groups is 1. The number of rotatable bonds is 7. The highest BCUT2D eigenvalue weighted by molar-refractivity contribution is 5.83. The molecule has 1 heterocycles. The molecule has 6 nitrogen and oxygen atoms in total. The van der Waals surface area contributed by atoms with Crippen molar-refractivity contribution in [2.24, 2.45) is 0 Å². The highest BCUT2D eigenvalue weighted by Crippen LogP contribution is 2.19. The molecule has 3 N–H and O–H groups in total. The van der Waals surface area contributed by atoms with Crippen LogP contribution in [0.5, 0.6) is 0 Å². The number of para-hydroxylation sites is 2. The van der Waals surface area contributed by atoms with Crippen LogP contribution < -0.4 is 10.6 Å². The second kappa shape index (κ2) is 6.79. The van der Waals surface area contributed by atoms with Gasteiger partial charge in [0, 0.05) is 12.1 Å². The molecule has 0 aliphatic heterocycles. The number of hydrogen-bond donors (Lipinski definition) is 3. The molecule has 0 atom stereocenters. The predicted octanol–water partition coefficient (Wildman–Crippen LogP) is 1.75. The molecular weight excluding hydrogens is 280 g/mol. The first-order valence-corrected chi connectivity index (χ1v) is 7.58. The third-order valence-corrected chi connectivity index (χ3v) is 3.71. The lowest BCUT2D eigenvalue weighted by Gasteiger charge is -2.24. The van der Waals surface area contributed by atoms with E-state index in [1.807, 2.05) is 49.6 Å². The number of aliphatic hydroxyl groups is 1. The first kappa shape index (κ1) is 16.3. The van der Waals surface area contributed by atoms with Gasteiger partial charge in [0.1, 0.15) is 6.54 Å². The van der Waals surface area contributed by atoms with Gasteiger partial charge in [0.15, 0.2) is 0 Å². The van der Waals surface area contributed by atoms with Crippen LogP contribution in [0.4, 0.5) is 5.95 Å². The zero-order chi connectivity index (χ0) is 16.2. The van der Waals surface area contributed by atoms with Gasteiger partial charge in [0.25, 0.3) is 0 Å². The Labute approximate surface area is 130 Å². The summed E-state index contributed by atoms with van der Waals surface area (Å²) in [6.07, 6.45) is 0.860. The van der Waals surface area contributed by atoms with Crippen LogP contribution in [0.25, 0.3) is 11.0 Å². The van der Waals surface area contributed by atoms with Crippen LogP contribution in [-0.2, 0) is 11.3 Å². The third-order valence-electron chi connectivity index (χ3n) is 3.71. The van der Waals surface area contributed by atoms with Gasteiger partial charge in [0.05, 0.1) is 17.6 Å². The van der Waals surface area contributed by atoms with E-state index >= 15 is 0 Å². The van der Waals surface area contributed by atoms with E-state index in [4.69, 9.17) is 5.11 Å². The van der Waals surface area contributed by atoms with Crippen LogP contribution >= 0.6 is 0 Å². The van der Waals surface area contributed by atoms with Gasteiger partial charge >= 0.3 is 0 Å². The topological polar surface area (TPSA) is 79.2 Å². The maximum Gasteiger partial charge on any atom is 0.240 e. The standard InChI is InChI=1S/C16H24N4O2/c1-4-16(2,3)19-14(22)11-20-13-8-6-5-7-12(13)18-15(20)17-9-10-21/h5-8,21H,4,9-11H2,1-3H3,(H,17,18)(H,19,22). The summed E-state index contributed by atoms with van der Waals surface area (Å²) < 4.78 is 1.84. The molecule has 0 radical (unpaired) electrons. The number of fused-ring (bicyclic) bond motifs is 1. The predicted molar refractivity (Wildman–Crippen MR) is 87.8 cm³/mol. The fourth-order valence-electron chi connectivity index (χ4n) is 2.19. The molecule has 0 fully saturated rings. The Morgan fingerprint density at radius 1 is 1.36 bits per heavy atom. The molecule has 0 saturated heterocycles. The minimum absolute atomic E-state index is 0.0122. The lowest BCUT2D eigenvalue weighted by molar-refractivity contribution is -0.123. The normalized spacial score (nSPS) is 11.6. The van der Waals surface area contributed by atoms with Gasteiger partial charge < -0.3 is 20.3 Å². The van der Waals surface area contributed by atoms with E-state index in [9.17, 15) is 4.79 Å². The summed E-state index contributed by atoms with van der Waals surface area (Å²) in [5.41, 5.74) is 1.49. The largest absolute Gasteiger partial charge is 0.395 e. The highest BCUT2D eigenvalue weighted by atomic mass is 16.3. The van der Waals surface area contributed by atoms with Crippen LogP contribution in [-0.4, -0.2) is 39.3 Å². The summed E-state index contributed by atoms with van der Waals surface area (Å²) in [5.74, 6) is 0.543. The van der Waals surface area contributed by atoms with E-state index in [1.54, 1.807) is 0 Å². The molecule has 1 aromatic heterocycles. The Kier molecular flexibility index (Phi) is 5.03. The SMILES string of the molecule is CCC(C)(C)NC(=O)Cn1c(NCCO)nc2ccccc21. The molecule has 1 aromatic carbocycles. The number of amides is 1. The Bertz CT molecular complexity index is 649. The van der Waals surface area contributed by atoms with Gasteiger partial charge in [-0.25, -0.2) is 4.98 Å². The van der Waals surface area contributed by atoms with Crippen LogP contribution in [0.15, 0.2) is 24.3 Å². The Hall–Kier alpha value is -2.08. The van der Waals surface area contributed by atoms with Crippen LogP contribution in [0.1, 0.15) is 27.2 Å². The van der Waals surface area contributed by atoms with Gasteiger partial charge in [-0.2, -0.15) is 0 Å². The first-order valence-electron chi connectivity index (χ1n) is 7.58. The molecular formula is C16H24N4O2. The van der Waals surface area contributed by atoms with E-state index in [0.717, 1.165) is 17.5 Å². The van der Waals surface area contributed by atoms with Crippen molar-refractivity contribution in [2.75, 3.05) is 18.5 Å². The molecule has 0 saturated carbocycles. The van der Waals surface area contributed by atoms with Gasteiger partial charge in [-0.15, -0.1) is 0 Å². The van der Waals surface area contributed by atoms with Gasteiger partial charge in [-0.3, -0.25) is 4.79 Å². The fraction of sp³-hybridized carbons (Fsp3) is 0.500. The minimum Gasteiger partial charge on any atom is -0.395 e. The summed E-state index contributed by atoms with van der Waals surface area (Å²) in [6, 6.07) is 7.68. The second-order valence-corrected chi connectivity index (χ2v) is 5.95. The van der Waals surface area contributed by atoms with Gasteiger partial charge in [-0.05, 0) is 32.4 Å². The van der Waals surface area contributed by atoms with E-state index in [0.29, 0.717) is 12.5 Å². The molecule has 0 aliphatic carbocycles. The van der Waals surface area contributed by atoms with Crippen molar-refractivity contribution in [3.63, 3.8) is 0 Å². The van der Waals surface area contributed by atoms with Crippen molar-refractivity contribution in [2.45, 2.75) is 39.3 Å². The summed E-state index contributed by atoms with van der Waals surface area (Å²) in [7, 11) is 0. The first-order chi connectivity index (χ1) is 10.5. The maximum absolute atomic E-state index is 12.3. The summed E-state index contributed by atoms with van der Waals surface area (Å²) >= 11 is 0. The monoisotopic (exact) mass is 304 g/mol. The van der Waals surface area contributed by atoms with Gasteiger partial charge in [-0.1, -0.05) is 19.1 Å². The van der Waals surface area contributed by atoms with Gasteiger partial charge in [0.2, 0.25) is 11.9 Å². The molecule has 22 heavy (non-hydrogen) atoms. The van der Waals surface area contributed by atoms with Crippen LogP contribution in [0, 0.1) is 0 Å². The van der Waals surface area contributed by atoms with Crippen molar-refractivity contribution >= 4 is 22.9 Å². The average molecular weight is 304 g/mol. The lowest BCUT2D eigenvalue weighted by Crippen LogP contribution is -2.44. The molecule has 6 heteroatoms. The number of aliphatic hydroxyl groups excluding tert-OH is 1. The molecule has 0 unspecified atom stereocenters. The zero-order valence-electron chi connectivity index (χ0n) is 13.4. The highest BCUT2D eigenvalue weighted by Gasteiger charge is 2.19. The number of anilines is 1. The second-order valence-electron chi connectivity index (χ2n) is 5.95. The number of aromatic nitrogens is 2. The number of nitrogens with one attached hydrogen (secondary N) is 2. The fourth-order valence-corrected chi connectivity index (χ4v) is 2.19. The van der Waals surface area contributed by atoms with Crippen LogP contribution in [0.2, 0.25) is 0 Å². The zero-order valence-corrected chi connectivity index (χ0v) is 13.4. The van der Waals surface area contributed by atoms with E-state index in [1.165, 1.54) is 0 Å². The van der Waals surface area contributed by atoms with E-state index in [2.05, 4.69) is 15.6 Å². The molecule has 2 aromatic rings. The quantitative estimate of drug-likeness (QED) is 0.728. The molecule has 0 aliphatic rings. The summed E-state index contributed by atoms with van der Waals surface area (Å²) in [6.45, 7) is 6.65. The average Bonchev–Trinajstić information content (AvgIpc) is 2.82. The molecule has 0 spiro atoms. The van der Waals surface area contributed by atoms with Crippen molar-refractivity contribution in [3.05, 3.63) is 24.3 Å². The number of hydrogen-bond acceptors (Lipinski definition) is 4. The lowest BCUT2D eigenvalue weighted by atomic mass is 10.0. The minimum atomic E-state index is -0.230. The number of imidazole rings is 1. The molecule has 1 amide bonds. The maximum atomic E-state index is 12.3. The van der Waals surface area contributed by atoms with Crippen molar-refractivity contribution in [1.82, 2.24) is 14.9 Å². The number of nitrogens with zero attached hydrogens (tertiary/aromatic N) is 2. The van der Waals surface area contributed by atoms with E-state index in [-0.39, 0.29) is 24.6 Å². The van der Waals surface area contributed by atoms with Crippen molar-refractivity contribution in [3.8, 4) is 0 Å².